The van der Waals surface area contributed by atoms with E-state index in [-0.39, 0.29) is 5.91 Å². The van der Waals surface area contributed by atoms with Gasteiger partial charge < -0.3 is 14.6 Å². The van der Waals surface area contributed by atoms with Gasteiger partial charge in [-0.25, -0.2) is 4.98 Å². The number of hydrogen-bond donors (Lipinski definition) is 1. The van der Waals surface area contributed by atoms with Crippen molar-refractivity contribution in [1.82, 2.24) is 14.9 Å². The standard InChI is InChI=1S/C20H23N3O2/c1-3-13-23-14-15(16-8-6-11-21-19(16)23)10-12-22-20(24)17-7-4-5-9-18(17)25-2/h4-9,11,14H,3,10,12-13H2,1-2H3,(H,22,24). The molecule has 3 rings (SSSR count). The predicted octanol–water partition coefficient (Wildman–Crippen LogP) is 3.43. The van der Waals surface area contributed by atoms with Gasteiger partial charge in [0, 0.05) is 30.9 Å². The zero-order valence-electron chi connectivity index (χ0n) is 14.7. The third-order valence-corrected chi connectivity index (χ3v) is 4.21. The van der Waals surface area contributed by atoms with Gasteiger partial charge in [-0.15, -0.1) is 0 Å². The average Bonchev–Trinajstić information content (AvgIpc) is 3.00. The van der Waals surface area contributed by atoms with Gasteiger partial charge in [-0.05, 0) is 42.7 Å². The molecule has 0 aliphatic carbocycles. The van der Waals surface area contributed by atoms with E-state index in [0.29, 0.717) is 17.9 Å². The Bertz CT molecular complexity index is 870. The summed E-state index contributed by atoms with van der Waals surface area (Å²) in [7, 11) is 1.57. The van der Waals surface area contributed by atoms with Gasteiger partial charge in [-0.1, -0.05) is 19.1 Å². The Hall–Kier alpha value is -2.82. The number of carbonyl (C=O) groups is 1. The normalized spacial score (nSPS) is 10.8. The molecule has 0 radical (unpaired) electrons. The summed E-state index contributed by atoms with van der Waals surface area (Å²) in [6, 6.07) is 11.3. The Morgan fingerprint density at radius 1 is 1.24 bits per heavy atom. The van der Waals surface area contributed by atoms with Crippen LogP contribution < -0.4 is 10.1 Å². The molecule has 1 amide bonds. The number of methoxy groups -OCH3 is 1. The molecule has 0 aliphatic rings. The predicted molar refractivity (Wildman–Crippen MR) is 99.1 cm³/mol. The number of para-hydroxylation sites is 1. The van der Waals surface area contributed by atoms with Crippen LogP contribution in [0, 0.1) is 0 Å². The van der Waals surface area contributed by atoms with Gasteiger partial charge in [0.25, 0.3) is 5.91 Å². The summed E-state index contributed by atoms with van der Waals surface area (Å²) < 4.78 is 7.43. The van der Waals surface area contributed by atoms with E-state index in [1.807, 2.05) is 24.4 Å². The Kier molecular flexibility index (Phi) is 5.33. The van der Waals surface area contributed by atoms with E-state index < -0.39 is 0 Å². The number of aryl methyl sites for hydroxylation is 1. The number of pyridine rings is 1. The third kappa shape index (κ3) is 3.65. The van der Waals surface area contributed by atoms with Gasteiger partial charge in [0.1, 0.15) is 11.4 Å². The zero-order valence-corrected chi connectivity index (χ0v) is 14.7. The fourth-order valence-corrected chi connectivity index (χ4v) is 3.04. The summed E-state index contributed by atoms with van der Waals surface area (Å²) in [4.78, 5) is 16.9. The lowest BCUT2D eigenvalue weighted by atomic mass is 10.1. The van der Waals surface area contributed by atoms with Gasteiger partial charge in [0.05, 0.1) is 12.7 Å². The number of carbonyl (C=O) groups excluding carboxylic acids is 1. The van der Waals surface area contributed by atoms with E-state index in [2.05, 4.69) is 34.1 Å². The van der Waals surface area contributed by atoms with Crippen LogP contribution in [0.2, 0.25) is 0 Å². The number of fused-ring (bicyclic) bond motifs is 1. The lowest BCUT2D eigenvalue weighted by Gasteiger charge is -2.08. The van der Waals surface area contributed by atoms with Crippen LogP contribution in [-0.2, 0) is 13.0 Å². The second kappa shape index (κ2) is 7.83. The molecule has 3 aromatic rings. The molecule has 0 bridgehead atoms. The Morgan fingerprint density at radius 2 is 2.08 bits per heavy atom. The van der Waals surface area contributed by atoms with Crippen molar-refractivity contribution < 1.29 is 9.53 Å². The van der Waals surface area contributed by atoms with Crippen molar-refractivity contribution in [3.8, 4) is 5.75 Å². The SMILES string of the molecule is CCCn1cc(CCNC(=O)c2ccccc2OC)c2cccnc21. The molecule has 25 heavy (non-hydrogen) atoms. The Balaban J connectivity index is 1.70. The van der Waals surface area contributed by atoms with Crippen molar-refractivity contribution in [1.29, 1.82) is 0 Å². The van der Waals surface area contributed by atoms with Crippen molar-refractivity contribution in [2.45, 2.75) is 26.3 Å². The Labute approximate surface area is 147 Å². The number of aromatic nitrogens is 2. The van der Waals surface area contributed by atoms with Crippen LogP contribution in [0.25, 0.3) is 11.0 Å². The maximum Gasteiger partial charge on any atom is 0.255 e. The number of ether oxygens (including phenoxy) is 1. The molecule has 0 atom stereocenters. The van der Waals surface area contributed by atoms with Crippen LogP contribution in [-0.4, -0.2) is 29.1 Å². The number of benzene rings is 1. The van der Waals surface area contributed by atoms with E-state index in [4.69, 9.17) is 4.74 Å². The summed E-state index contributed by atoms with van der Waals surface area (Å²) in [5.41, 5.74) is 2.77. The maximum atomic E-state index is 12.4. The van der Waals surface area contributed by atoms with Crippen LogP contribution in [0.4, 0.5) is 0 Å². The minimum atomic E-state index is -0.118. The molecule has 2 heterocycles. The van der Waals surface area contributed by atoms with E-state index in [1.54, 1.807) is 19.2 Å². The van der Waals surface area contributed by atoms with Crippen LogP contribution in [0.5, 0.6) is 5.75 Å². The fraction of sp³-hybridized carbons (Fsp3) is 0.300. The van der Waals surface area contributed by atoms with Gasteiger partial charge >= 0.3 is 0 Å². The van der Waals surface area contributed by atoms with Crippen molar-refractivity contribution in [3.05, 3.63) is 59.9 Å². The van der Waals surface area contributed by atoms with Crippen molar-refractivity contribution in [3.63, 3.8) is 0 Å². The van der Waals surface area contributed by atoms with Crippen LogP contribution >= 0.6 is 0 Å². The minimum Gasteiger partial charge on any atom is -0.496 e. The summed E-state index contributed by atoms with van der Waals surface area (Å²) in [6.07, 6.45) is 5.79. The smallest absolute Gasteiger partial charge is 0.255 e. The lowest BCUT2D eigenvalue weighted by molar-refractivity contribution is 0.0951. The Morgan fingerprint density at radius 3 is 2.88 bits per heavy atom. The molecular weight excluding hydrogens is 314 g/mol. The highest BCUT2D eigenvalue weighted by atomic mass is 16.5. The number of nitrogens with zero attached hydrogens (tertiary/aromatic N) is 2. The first-order chi connectivity index (χ1) is 12.2. The quantitative estimate of drug-likeness (QED) is 0.719. The molecule has 0 aliphatic heterocycles. The number of amides is 1. The average molecular weight is 337 g/mol. The highest BCUT2D eigenvalue weighted by Crippen LogP contribution is 2.20. The molecule has 5 heteroatoms. The molecule has 5 nitrogen and oxygen atoms in total. The highest BCUT2D eigenvalue weighted by Gasteiger charge is 2.12. The highest BCUT2D eigenvalue weighted by molar-refractivity contribution is 5.96. The monoisotopic (exact) mass is 337 g/mol. The van der Waals surface area contributed by atoms with E-state index in [0.717, 1.165) is 30.4 Å². The van der Waals surface area contributed by atoms with E-state index >= 15 is 0 Å². The molecule has 1 N–H and O–H groups in total. The molecule has 0 unspecified atom stereocenters. The molecule has 1 aromatic carbocycles. The first-order valence-corrected chi connectivity index (χ1v) is 8.58. The van der Waals surface area contributed by atoms with Gasteiger partial charge in [0.2, 0.25) is 0 Å². The lowest BCUT2D eigenvalue weighted by Crippen LogP contribution is -2.26. The van der Waals surface area contributed by atoms with Gasteiger partial charge in [-0.3, -0.25) is 4.79 Å². The molecule has 0 saturated heterocycles. The van der Waals surface area contributed by atoms with Crippen molar-refractivity contribution in [2.75, 3.05) is 13.7 Å². The van der Waals surface area contributed by atoms with Gasteiger partial charge in [-0.2, -0.15) is 0 Å². The largest absolute Gasteiger partial charge is 0.496 e. The second-order valence-corrected chi connectivity index (χ2v) is 5.93. The number of nitrogens with one attached hydrogen (secondary N) is 1. The van der Waals surface area contributed by atoms with Crippen LogP contribution in [0.3, 0.4) is 0 Å². The van der Waals surface area contributed by atoms with Crippen molar-refractivity contribution in [2.24, 2.45) is 0 Å². The third-order valence-electron chi connectivity index (χ3n) is 4.21. The molecular formula is C20H23N3O2. The molecule has 130 valence electrons. The van der Waals surface area contributed by atoms with E-state index in [9.17, 15) is 4.79 Å². The summed E-state index contributed by atoms with van der Waals surface area (Å²) >= 11 is 0. The van der Waals surface area contributed by atoms with Gasteiger partial charge in [0.15, 0.2) is 0 Å². The molecule has 2 aromatic heterocycles. The minimum absolute atomic E-state index is 0.118. The van der Waals surface area contributed by atoms with Crippen LogP contribution in [0.1, 0.15) is 29.3 Å². The second-order valence-electron chi connectivity index (χ2n) is 5.93. The topological polar surface area (TPSA) is 56.2 Å². The van der Waals surface area contributed by atoms with Crippen LogP contribution in [0.15, 0.2) is 48.8 Å². The first kappa shape index (κ1) is 17.0. The molecule has 0 spiro atoms. The number of hydrogen-bond acceptors (Lipinski definition) is 3. The fourth-order valence-electron chi connectivity index (χ4n) is 3.04. The van der Waals surface area contributed by atoms with Crippen molar-refractivity contribution >= 4 is 16.9 Å². The zero-order chi connectivity index (χ0) is 17.6. The maximum absolute atomic E-state index is 12.4. The summed E-state index contributed by atoms with van der Waals surface area (Å²) in [5.74, 6) is 0.469. The molecule has 0 fully saturated rings. The number of rotatable bonds is 7. The first-order valence-electron chi connectivity index (χ1n) is 8.58. The summed E-state index contributed by atoms with van der Waals surface area (Å²) in [6.45, 7) is 3.67. The summed E-state index contributed by atoms with van der Waals surface area (Å²) in [5, 5.41) is 4.13. The molecule has 0 saturated carbocycles. The van der Waals surface area contributed by atoms with E-state index in [1.165, 1.54) is 5.56 Å².